The molecule has 0 saturated carbocycles. The van der Waals surface area contributed by atoms with E-state index in [4.69, 9.17) is 15.0 Å². The van der Waals surface area contributed by atoms with Crippen LogP contribution in [-0.4, -0.2) is 24.1 Å². The van der Waals surface area contributed by atoms with Gasteiger partial charge in [-0.05, 0) is 111 Å². The van der Waals surface area contributed by atoms with E-state index < -0.39 is 0 Å². The maximum absolute atomic E-state index is 5.67. The molecular formula is C69H41N5S2. The van der Waals surface area contributed by atoms with Crippen molar-refractivity contribution in [3.63, 3.8) is 0 Å². The molecule has 0 spiro atoms. The van der Waals surface area contributed by atoms with Crippen molar-refractivity contribution in [3.05, 3.63) is 249 Å². The Hall–Kier alpha value is -9.53. The van der Waals surface area contributed by atoms with Crippen LogP contribution in [0.1, 0.15) is 0 Å². The molecule has 0 amide bonds. The normalized spacial score (nSPS) is 11.9. The second-order valence-corrected chi connectivity index (χ2v) is 21.7. The van der Waals surface area contributed by atoms with Gasteiger partial charge in [0, 0.05) is 67.5 Å². The number of benzene rings is 11. The Morgan fingerprint density at radius 2 is 0.632 bits per heavy atom. The van der Waals surface area contributed by atoms with Gasteiger partial charge in [-0.15, -0.1) is 22.7 Å². The molecule has 0 bridgehead atoms. The molecular weight excluding hydrogens is 963 g/mol. The first-order valence-electron chi connectivity index (χ1n) is 25.6. The van der Waals surface area contributed by atoms with Gasteiger partial charge in [0.25, 0.3) is 0 Å². The zero-order valence-corrected chi connectivity index (χ0v) is 42.4. The van der Waals surface area contributed by atoms with E-state index in [0.717, 1.165) is 93.7 Å². The van der Waals surface area contributed by atoms with Gasteiger partial charge in [-0.2, -0.15) is 15.0 Å². The fraction of sp³-hybridized carbons (Fsp3) is 0. The molecule has 7 heteroatoms. The lowest BCUT2D eigenvalue weighted by Gasteiger charge is -2.16. The van der Waals surface area contributed by atoms with E-state index in [0.29, 0.717) is 17.7 Å². The quantitative estimate of drug-likeness (QED) is 0.160. The van der Waals surface area contributed by atoms with Gasteiger partial charge in [0.15, 0.2) is 5.82 Å². The second-order valence-electron chi connectivity index (χ2n) is 19.5. The van der Waals surface area contributed by atoms with Crippen LogP contribution in [0.15, 0.2) is 249 Å². The van der Waals surface area contributed by atoms with Crippen LogP contribution in [-0.2, 0) is 0 Å². The molecule has 5 nitrogen and oxygen atoms in total. The van der Waals surface area contributed by atoms with Crippen LogP contribution in [0.25, 0.3) is 152 Å². The number of nitrogens with zero attached hydrogens (tertiary/aromatic N) is 5. The lowest BCUT2D eigenvalue weighted by Crippen LogP contribution is -2.10. The van der Waals surface area contributed by atoms with E-state index in [-0.39, 0.29) is 0 Å². The van der Waals surface area contributed by atoms with Crippen LogP contribution in [0.3, 0.4) is 0 Å². The van der Waals surface area contributed by atoms with Gasteiger partial charge in [0.05, 0.1) is 22.1 Å². The van der Waals surface area contributed by atoms with Gasteiger partial charge >= 0.3 is 0 Å². The molecule has 5 aromatic heterocycles. The third kappa shape index (κ3) is 6.80. The molecule has 11 aromatic carbocycles. The summed E-state index contributed by atoms with van der Waals surface area (Å²) < 4.78 is 9.67. The highest BCUT2D eigenvalue weighted by Crippen LogP contribution is 2.43. The van der Waals surface area contributed by atoms with Crippen molar-refractivity contribution in [2.75, 3.05) is 0 Å². The smallest absolute Gasteiger partial charge is 0.240 e. The summed E-state index contributed by atoms with van der Waals surface area (Å²) in [6, 6.07) is 89.9. The van der Waals surface area contributed by atoms with Crippen LogP contribution in [0.2, 0.25) is 0 Å². The first-order chi connectivity index (χ1) is 37.6. The molecule has 16 rings (SSSR count). The van der Waals surface area contributed by atoms with Crippen molar-refractivity contribution in [2.45, 2.75) is 0 Å². The Labute approximate surface area is 444 Å². The maximum atomic E-state index is 5.67. The highest BCUT2D eigenvalue weighted by atomic mass is 32.1. The molecule has 0 atom stereocenters. The van der Waals surface area contributed by atoms with E-state index in [1.807, 2.05) is 22.7 Å². The Morgan fingerprint density at radius 1 is 0.237 bits per heavy atom. The molecule has 0 aliphatic rings. The Kier molecular flexibility index (Phi) is 9.61. The number of thiophene rings is 2. The SMILES string of the molecule is c1ccc(-c2ccc(-c3ccccc3)c(-c3nc(-n4c5ccccc5c5ccc(-c6ccc7sc8ccccc8c7c6)cc54)nc(-n4c5ccccc5c5ccc(-c6ccc7sc8ccccc8c7c6)cc54)n3)c2)cc1. The molecule has 0 saturated heterocycles. The largest absolute Gasteiger partial charge is 0.278 e. The van der Waals surface area contributed by atoms with E-state index in [2.05, 4.69) is 258 Å². The van der Waals surface area contributed by atoms with E-state index in [1.165, 1.54) is 40.3 Å². The fourth-order valence-corrected chi connectivity index (χ4v) is 13.8. The number of hydrogen-bond donors (Lipinski definition) is 0. The summed E-state index contributed by atoms with van der Waals surface area (Å²) in [5, 5.41) is 9.60. The van der Waals surface area contributed by atoms with Crippen molar-refractivity contribution >= 4 is 107 Å². The minimum absolute atomic E-state index is 0.531. The van der Waals surface area contributed by atoms with E-state index in [1.54, 1.807) is 0 Å². The van der Waals surface area contributed by atoms with Crippen molar-refractivity contribution < 1.29 is 0 Å². The summed E-state index contributed by atoms with van der Waals surface area (Å²) in [6.45, 7) is 0. The van der Waals surface area contributed by atoms with Gasteiger partial charge in [-0.3, -0.25) is 9.13 Å². The lowest BCUT2D eigenvalue weighted by atomic mass is 9.94. The summed E-state index contributed by atoms with van der Waals surface area (Å²) in [5.41, 5.74) is 13.8. The summed E-state index contributed by atoms with van der Waals surface area (Å²) in [5.74, 6) is 1.64. The van der Waals surface area contributed by atoms with E-state index in [9.17, 15) is 0 Å². The fourth-order valence-electron chi connectivity index (χ4n) is 11.6. The van der Waals surface area contributed by atoms with Crippen molar-refractivity contribution in [1.82, 2.24) is 24.1 Å². The highest BCUT2D eigenvalue weighted by Gasteiger charge is 2.23. The molecule has 0 aliphatic carbocycles. The Bertz CT molecular complexity index is 4750. The molecule has 0 fully saturated rings. The predicted octanol–water partition coefficient (Wildman–Crippen LogP) is 19.1. The zero-order valence-electron chi connectivity index (χ0n) is 40.7. The van der Waals surface area contributed by atoms with Crippen molar-refractivity contribution in [3.8, 4) is 67.8 Å². The topological polar surface area (TPSA) is 48.5 Å². The lowest BCUT2D eigenvalue weighted by molar-refractivity contribution is 0.893. The number of hydrogen-bond acceptors (Lipinski definition) is 5. The number of aromatic nitrogens is 5. The van der Waals surface area contributed by atoms with Crippen LogP contribution in [0.4, 0.5) is 0 Å². The maximum Gasteiger partial charge on any atom is 0.240 e. The summed E-state index contributed by atoms with van der Waals surface area (Å²) in [7, 11) is 0. The number of para-hydroxylation sites is 2. The second kappa shape index (κ2) is 17.0. The standard InChI is InChI=1S/C69H41N5S2/c1-3-15-42(16-4-1)44-27-32-49(43-17-5-2-6-18-43)58(39-44)67-70-68(73-59-23-11-7-19-50(59)52-33-28-47(40-61(52)73)45-30-35-65-56(37-45)54-21-9-13-25-63(54)75-65)72-69(71-67)74-60-24-12-8-20-51(60)53-34-29-48(41-62(53)74)46-31-36-66-57(38-46)55-22-10-14-26-64(55)76-66/h1-41H. The summed E-state index contributed by atoms with van der Waals surface area (Å²) in [4.78, 5) is 17.0. The highest BCUT2D eigenvalue weighted by molar-refractivity contribution is 7.26. The molecule has 5 heterocycles. The zero-order chi connectivity index (χ0) is 49.8. The van der Waals surface area contributed by atoms with Crippen LogP contribution >= 0.6 is 22.7 Å². The molecule has 0 unspecified atom stereocenters. The van der Waals surface area contributed by atoms with Crippen LogP contribution in [0.5, 0.6) is 0 Å². The number of fused-ring (bicyclic) bond motifs is 12. The third-order valence-electron chi connectivity index (χ3n) is 15.2. The number of rotatable bonds is 7. The van der Waals surface area contributed by atoms with Crippen LogP contribution < -0.4 is 0 Å². The summed E-state index contributed by atoms with van der Waals surface area (Å²) >= 11 is 3.69. The third-order valence-corrected chi connectivity index (χ3v) is 17.5. The average Bonchev–Trinajstić information content (AvgIpc) is 4.27. The molecule has 0 aliphatic heterocycles. The molecule has 76 heavy (non-hydrogen) atoms. The monoisotopic (exact) mass is 1000 g/mol. The first-order valence-corrected chi connectivity index (χ1v) is 27.2. The van der Waals surface area contributed by atoms with Gasteiger partial charge < -0.3 is 0 Å². The predicted molar refractivity (Wildman–Crippen MR) is 321 cm³/mol. The van der Waals surface area contributed by atoms with Gasteiger partial charge in [-0.25, -0.2) is 0 Å². The molecule has 354 valence electrons. The molecule has 16 aromatic rings. The minimum atomic E-state index is 0.531. The van der Waals surface area contributed by atoms with Gasteiger partial charge in [0.2, 0.25) is 11.9 Å². The van der Waals surface area contributed by atoms with Gasteiger partial charge in [0.1, 0.15) is 0 Å². The van der Waals surface area contributed by atoms with E-state index >= 15 is 0 Å². The average molecular weight is 1000 g/mol. The van der Waals surface area contributed by atoms with Crippen molar-refractivity contribution in [1.29, 1.82) is 0 Å². The first kappa shape index (κ1) is 42.9. The van der Waals surface area contributed by atoms with Gasteiger partial charge in [-0.1, -0.05) is 182 Å². The Morgan fingerprint density at radius 3 is 1.17 bits per heavy atom. The minimum Gasteiger partial charge on any atom is -0.278 e. The molecule has 0 radical (unpaired) electrons. The Balaban J connectivity index is 0.977. The van der Waals surface area contributed by atoms with Crippen LogP contribution in [0, 0.1) is 0 Å². The summed E-state index contributed by atoms with van der Waals surface area (Å²) in [6.07, 6.45) is 0. The van der Waals surface area contributed by atoms with Crippen molar-refractivity contribution in [2.24, 2.45) is 0 Å². The molecule has 0 N–H and O–H groups in total.